The predicted octanol–water partition coefficient (Wildman–Crippen LogP) is 3.83. The van der Waals surface area contributed by atoms with Gasteiger partial charge in [0, 0.05) is 6.04 Å². The quantitative estimate of drug-likeness (QED) is 0.877. The van der Waals surface area contributed by atoms with E-state index in [1.165, 1.54) is 36.8 Å². The van der Waals surface area contributed by atoms with Crippen LogP contribution in [-0.2, 0) is 0 Å². The van der Waals surface area contributed by atoms with E-state index in [0.29, 0.717) is 5.92 Å². The number of nitrogens with two attached hydrogens (primary N) is 1. The maximum Gasteiger partial charge on any atom is 0.119 e. The second kappa shape index (κ2) is 5.75. The molecule has 2 rings (SSSR count). The van der Waals surface area contributed by atoms with Gasteiger partial charge in [-0.15, -0.1) is 0 Å². The van der Waals surface area contributed by atoms with Gasteiger partial charge in [0.25, 0.3) is 0 Å². The molecule has 18 heavy (non-hydrogen) atoms. The molecule has 1 aliphatic carbocycles. The predicted molar refractivity (Wildman–Crippen MR) is 75.8 cm³/mol. The zero-order valence-electron chi connectivity index (χ0n) is 11.8. The first kappa shape index (κ1) is 13.4. The number of methoxy groups -OCH3 is 1. The van der Waals surface area contributed by atoms with Gasteiger partial charge < -0.3 is 10.5 Å². The van der Waals surface area contributed by atoms with Crippen molar-refractivity contribution in [3.8, 4) is 5.75 Å². The van der Waals surface area contributed by atoms with Crippen LogP contribution in [0.3, 0.4) is 0 Å². The highest BCUT2D eigenvalue weighted by molar-refractivity contribution is 5.36. The molecule has 1 fully saturated rings. The highest BCUT2D eigenvalue weighted by Gasteiger charge is 2.29. The van der Waals surface area contributed by atoms with Gasteiger partial charge in [-0.25, -0.2) is 0 Å². The average Bonchev–Trinajstić information content (AvgIpc) is 2.86. The van der Waals surface area contributed by atoms with E-state index in [0.717, 1.165) is 11.7 Å². The lowest BCUT2D eigenvalue weighted by molar-refractivity contribution is 0.407. The summed E-state index contributed by atoms with van der Waals surface area (Å²) in [5.74, 6) is 2.46. The standard InChI is InChI=1S/C16H25NO/c1-4-12-5-6-13(10-12)16(17)15-8-7-14(18-3)9-11(15)2/h7-9,12-13,16H,4-6,10,17H2,1-3H3. The summed E-state index contributed by atoms with van der Waals surface area (Å²) in [4.78, 5) is 0. The Labute approximate surface area is 111 Å². The summed E-state index contributed by atoms with van der Waals surface area (Å²) in [5.41, 5.74) is 9.01. The van der Waals surface area contributed by atoms with Crippen LogP contribution in [0.15, 0.2) is 18.2 Å². The van der Waals surface area contributed by atoms with E-state index in [2.05, 4.69) is 26.0 Å². The summed E-state index contributed by atoms with van der Waals surface area (Å²) < 4.78 is 5.25. The van der Waals surface area contributed by atoms with E-state index >= 15 is 0 Å². The summed E-state index contributed by atoms with van der Waals surface area (Å²) in [6.45, 7) is 4.42. The van der Waals surface area contributed by atoms with Crippen molar-refractivity contribution >= 4 is 0 Å². The van der Waals surface area contributed by atoms with Crippen LogP contribution in [0.4, 0.5) is 0 Å². The molecule has 2 N–H and O–H groups in total. The molecular formula is C16H25NO. The van der Waals surface area contributed by atoms with Crippen molar-refractivity contribution < 1.29 is 4.74 Å². The first-order chi connectivity index (χ1) is 8.65. The van der Waals surface area contributed by atoms with Crippen molar-refractivity contribution in [2.75, 3.05) is 7.11 Å². The second-order valence-corrected chi connectivity index (χ2v) is 5.60. The number of benzene rings is 1. The van der Waals surface area contributed by atoms with Crippen LogP contribution in [-0.4, -0.2) is 7.11 Å². The maximum absolute atomic E-state index is 6.47. The molecule has 1 aromatic rings. The van der Waals surface area contributed by atoms with Crippen molar-refractivity contribution in [3.05, 3.63) is 29.3 Å². The molecule has 0 saturated heterocycles. The fraction of sp³-hybridized carbons (Fsp3) is 0.625. The molecule has 3 unspecified atom stereocenters. The highest BCUT2D eigenvalue weighted by atomic mass is 16.5. The molecule has 1 aromatic carbocycles. The highest BCUT2D eigenvalue weighted by Crippen LogP contribution is 2.40. The van der Waals surface area contributed by atoms with Crippen molar-refractivity contribution in [2.24, 2.45) is 17.6 Å². The lowest BCUT2D eigenvalue weighted by Gasteiger charge is -2.22. The Morgan fingerprint density at radius 2 is 2.17 bits per heavy atom. The lowest BCUT2D eigenvalue weighted by atomic mass is 9.89. The molecule has 0 aliphatic heterocycles. The third kappa shape index (κ3) is 2.69. The SMILES string of the molecule is CCC1CCC(C(N)c2ccc(OC)cc2C)C1. The number of ether oxygens (including phenoxy) is 1. The van der Waals surface area contributed by atoms with Gasteiger partial charge in [-0.2, -0.15) is 0 Å². The van der Waals surface area contributed by atoms with Crippen LogP contribution in [0.5, 0.6) is 5.75 Å². The molecule has 1 saturated carbocycles. The van der Waals surface area contributed by atoms with Crippen LogP contribution >= 0.6 is 0 Å². The van der Waals surface area contributed by atoms with E-state index < -0.39 is 0 Å². The molecule has 0 radical (unpaired) electrons. The second-order valence-electron chi connectivity index (χ2n) is 5.60. The van der Waals surface area contributed by atoms with Crippen LogP contribution in [0, 0.1) is 18.8 Å². The lowest BCUT2D eigenvalue weighted by Crippen LogP contribution is -2.20. The van der Waals surface area contributed by atoms with Gasteiger partial charge in [-0.05, 0) is 54.9 Å². The minimum absolute atomic E-state index is 0.187. The minimum Gasteiger partial charge on any atom is -0.497 e. The largest absolute Gasteiger partial charge is 0.497 e. The van der Waals surface area contributed by atoms with E-state index in [-0.39, 0.29) is 6.04 Å². The molecule has 0 heterocycles. The van der Waals surface area contributed by atoms with Crippen LogP contribution < -0.4 is 10.5 Å². The number of rotatable bonds is 4. The summed E-state index contributed by atoms with van der Waals surface area (Å²) in [5, 5.41) is 0. The maximum atomic E-state index is 6.47. The summed E-state index contributed by atoms with van der Waals surface area (Å²) in [6, 6.07) is 6.43. The molecule has 1 aliphatic rings. The average molecular weight is 247 g/mol. The van der Waals surface area contributed by atoms with Crippen molar-refractivity contribution in [3.63, 3.8) is 0 Å². The zero-order chi connectivity index (χ0) is 13.1. The molecule has 3 atom stereocenters. The molecule has 2 heteroatoms. The Morgan fingerprint density at radius 1 is 1.39 bits per heavy atom. The van der Waals surface area contributed by atoms with E-state index in [1.54, 1.807) is 7.11 Å². The third-order valence-corrected chi connectivity index (χ3v) is 4.50. The summed E-state index contributed by atoms with van der Waals surface area (Å²) in [6.07, 6.45) is 5.23. The molecule has 0 amide bonds. The van der Waals surface area contributed by atoms with E-state index in [1.807, 2.05) is 6.07 Å². The Kier molecular flexibility index (Phi) is 4.28. The monoisotopic (exact) mass is 247 g/mol. The van der Waals surface area contributed by atoms with Crippen molar-refractivity contribution in [2.45, 2.75) is 45.6 Å². The van der Waals surface area contributed by atoms with Gasteiger partial charge in [0.15, 0.2) is 0 Å². The van der Waals surface area contributed by atoms with Crippen LogP contribution in [0.25, 0.3) is 0 Å². The first-order valence-corrected chi connectivity index (χ1v) is 7.05. The number of hydrogen-bond acceptors (Lipinski definition) is 2. The summed E-state index contributed by atoms with van der Waals surface area (Å²) >= 11 is 0. The fourth-order valence-electron chi connectivity index (χ4n) is 3.21. The molecule has 100 valence electrons. The number of aryl methyl sites for hydroxylation is 1. The smallest absolute Gasteiger partial charge is 0.119 e. The zero-order valence-corrected chi connectivity index (χ0v) is 11.8. The minimum atomic E-state index is 0.187. The van der Waals surface area contributed by atoms with Gasteiger partial charge in [0.1, 0.15) is 5.75 Å². The van der Waals surface area contributed by atoms with Gasteiger partial charge in [0.2, 0.25) is 0 Å². The van der Waals surface area contributed by atoms with Gasteiger partial charge in [-0.3, -0.25) is 0 Å². The van der Waals surface area contributed by atoms with E-state index in [9.17, 15) is 0 Å². The Morgan fingerprint density at radius 3 is 2.72 bits per heavy atom. The van der Waals surface area contributed by atoms with Crippen LogP contribution in [0.2, 0.25) is 0 Å². The van der Waals surface area contributed by atoms with Gasteiger partial charge in [-0.1, -0.05) is 25.8 Å². The molecule has 2 nitrogen and oxygen atoms in total. The topological polar surface area (TPSA) is 35.2 Å². The van der Waals surface area contributed by atoms with E-state index in [4.69, 9.17) is 10.5 Å². The summed E-state index contributed by atoms with van der Waals surface area (Å²) in [7, 11) is 1.71. The first-order valence-electron chi connectivity index (χ1n) is 7.05. The number of hydrogen-bond donors (Lipinski definition) is 1. The normalized spacial score (nSPS) is 25.1. The Hall–Kier alpha value is -1.02. The molecule has 0 aromatic heterocycles. The molecule has 0 bridgehead atoms. The van der Waals surface area contributed by atoms with Gasteiger partial charge in [0.05, 0.1) is 7.11 Å². The van der Waals surface area contributed by atoms with Crippen LogP contribution in [0.1, 0.15) is 49.8 Å². The van der Waals surface area contributed by atoms with Gasteiger partial charge >= 0.3 is 0 Å². The third-order valence-electron chi connectivity index (χ3n) is 4.50. The van der Waals surface area contributed by atoms with Crippen molar-refractivity contribution in [1.82, 2.24) is 0 Å². The molecular weight excluding hydrogens is 222 g/mol. The Balaban J connectivity index is 2.11. The Bertz CT molecular complexity index is 402. The van der Waals surface area contributed by atoms with Crippen molar-refractivity contribution in [1.29, 1.82) is 0 Å². The molecule has 0 spiro atoms. The fourth-order valence-corrected chi connectivity index (χ4v) is 3.21.